The molecule has 34 heavy (non-hydrogen) atoms. The average Bonchev–Trinajstić information content (AvgIpc) is 3.66. The maximum Gasteiger partial charge on any atom is 0.319 e. The minimum Gasteiger partial charge on any atom is -0.495 e. The maximum absolute atomic E-state index is 13.2. The molecule has 4 rings (SSSR count). The summed E-state index contributed by atoms with van der Waals surface area (Å²) in [6, 6.07) is 10.9. The van der Waals surface area contributed by atoms with Crippen molar-refractivity contribution in [2.24, 2.45) is 0 Å². The zero-order valence-electron chi connectivity index (χ0n) is 19.2. The molecule has 182 valence electrons. The van der Waals surface area contributed by atoms with Gasteiger partial charge in [0.25, 0.3) is 5.91 Å². The second-order valence-corrected chi connectivity index (χ2v) is 10.5. The van der Waals surface area contributed by atoms with Crippen molar-refractivity contribution in [1.29, 1.82) is 0 Å². The van der Waals surface area contributed by atoms with Crippen LogP contribution >= 0.6 is 0 Å². The Kier molecular flexibility index (Phi) is 7.38. The Morgan fingerprint density at radius 1 is 0.941 bits per heavy atom. The summed E-state index contributed by atoms with van der Waals surface area (Å²) < 4.78 is 33.2. The van der Waals surface area contributed by atoms with Gasteiger partial charge in [-0.1, -0.05) is 12.8 Å². The number of rotatable bonds is 7. The molecule has 2 aromatic rings. The number of nitrogens with zero attached hydrogens (tertiary/aromatic N) is 1. The molecule has 2 fully saturated rings. The molecule has 1 saturated heterocycles. The number of benzene rings is 2. The summed E-state index contributed by atoms with van der Waals surface area (Å²) in [4.78, 5) is 24.8. The number of hydrogen-bond donors (Lipinski definition) is 3. The zero-order valence-corrected chi connectivity index (χ0v) is 20.0. The molecule has 0 atom stereocenters. The van der Waals surface area contributed by atoms with Gasteiger partial charge in [-0.3, -0.25) is 4.79 Å². The molecule has 2 aromatic carbocycles. The quantitative estimate of drug-likeness (QED) is 0.550. The highest BCUT2D eigenvalue weighted by Crippen LogP contribution is 2.30. The first-order valence-electron chi connectivity index (χ1n) is 11.5. The Hall–Kier alpha value is -3.11. The number of nitrogens with one attached hydrogen (secondary N) is 3. The maximum atomic E-state index is 13.2. The summed E-state index contributed by atoms with van der Waals surface area (Å²) in [5, 5.41) is 8.32. The van der Waals surface area contributed by atoms with Crippen LogP contribution in [-0.4, -0.2) is 50.9 Å². The van der Waals surface area contributed by atoms with E-state index in [1.54, 1.807) is 30.3 Å². The third-order valence-electron chi connectivity index (χ3n) is 5.94. The number of amides is 3. The summed E-state index contributed by atoms with van der Waals surface area (Å²) in [6.07, 6.45) is 5.72. The van der Waals surface area contributed by atoms with Crippen LogP contribution in [0.1, 0.15) is 48.9 Å². The second kappa shape index (κ2) is 10.4. The molecule has 1 saturated carbocycles. The second-order valence-electron chi connectivity index (χ2n) is 8.58. The molecule has 3 amide bonds. The van der Waals surface area contributed by atoms with Gasteiger partial charge in [-0.2, -0.15) is 4.31 Å². The highest BCUT2D eigenvalue weighted by Gasteiger charge is 2.26. The Bertz CT molecular complexity index is 1140. The average molecular weight is 487 g/mol. The zero-order chi connectivity index (χ0) is 24.1. The van der Waals surface area contributed by atoms with Crippen LogP contribution in [0.4, 0.5) is 16.2 Å². The molecule has 1 aliphatic heterocycles. The Balaban J connectivity index is 1.47. The van der Waals surface area contributed by atoms with Crippen LogP contribution in [0.5, 0.6) is 5.75 Å². The monoisotopic (exact) mass is 486 g/mol. The fourth-order valence-corrected chi connectivity index (χ4v) is 5.40. The van der Waals surface area contributed by atoms with E-state index in [2.05, 4.69) is 16.0 Å². The smallest absolute Gasteiger partial charge is 0.319 e. The van der Waals surface area contributed by atoms with Crippen molar-refractivity contribution in [1.82, 2.24) is 9.62 Å². The first-order chi connectivity index (χ1) is 16.4. The summed E-state index contributed by atoms with van der Waals surface area (Å²) in [5.74, 6) is -0.0604. The summed E-state index contributed by atoms with van der Waals surface area (Å²) in [5.41, 5.74) is 1.20. The van der Waals surface area contributed by atoms with Crippen LogP contribution in [0, 0.1) is 0 Å². The topological polar surface area (TPSA) is 117 Å². The molecule has 0 aromatic heterocycles. The molecule has 3 N–H and O–H groups in total. The van der Waals surface area contributed by atoms with E-state index in [0.717, 1.165) is 38.5 Å². The van der Waals surface area contributed by atoms with Crippen molar-refractivity contribution < 1.29 is 22.7 Å². The molecule has 0 bridgehead atoms. The third-order valence-corrected chi connectivity index (χ3v) is 7.83. The van der Waals surface area contributed by atoms with Gasteiger partial charge < -0.3 is 20.7 Å². The molecule has 1 heterocycles. The fraction of sp³-hybridized carbons (Fsp3) is 0.417. The molecular formula is C24H30N4O5S. The van der Waals surface area contributed by atoms with E-state index in [1.165, 1.54) is 23.5 Å². The number of carbonyl (C=O) groups excluding carboxylic acids is 2. The minimum atomic E-state index is -3.67. The largest absolute Gasteiger partial charge is 0.495 e. The number of methoxy groups -OCH3 is 1. The van der Waals surface area contributed by atoms with Crippen molar-refractivity contribution in [3.8, 4) is 5.75 Å². The van der Waals surface area contributed by atoms with Gasteiger partial charge in [-0.15, -0.1) is 0 Å². The minimum absolute atomic E-state index is 0.117. The van der Waals surface area contributed by atoms with Crippen LogP contribution in [0.2, 0.25) is 0 Å². The molecular weight excluding hydrogens is 456 g/mol. The van der Waals surface area contributed by atoms with Crippen molar-refractivity contribution in [2.45, 2.75) is 49.5 Å². The van der Waals surface area contributed by atoms with E-state index >= 15 is 0 Å². The third kappa shape index (κ3) is 5.87. The SMILES string of the molecule is COc1ccc(S(=O)(=O)N2CCCCCC2)cc1NC(=O)c1ccc(NC(=O)NC2CC2)cc1. The van der Waals surface area contributed by atoms with Crippen LogP contribution in [0.25, 0.3) is 0 Å². The van der Waals surface area contributed by atoms with E-state index in [9.17, 15) is 18.0 Å². The highest BCUT2D eigenvalue weighted by molar-refractivity contribution is 7.89. The summed E-state index contributed by atoms with van der Waals surface area (Å²) in [6.45, 7) is 0.990. The Morgan fingerprint density at radius 3 is 2.24 bits per heavy atom. The predicted octanol–water partition coefficient (Wildman–Crippen LogP) is 3.80. The highest BCUT2D eigenvalue weighted by atomic mass is 32.2. The summed E-state index contributed by atoms with van der Waals surface area (Å²) >= 11 is 0. The lowest BCUT2D eigenvalue weighted by Gasteiger charge is -2.21. The normalized spacial score (nSPS) is 16.9. The van der Waals surface area contributed by atoms with E-state index in [4.69, 9.17) is 4.74 Å². The van der Waals surface area contributed by atoms with Crippen molar-refractivity contribution in [3.63, 3.8) is 0 Å². The Morgan fingerprint density at radius 2 is 1.62 bits per heavy atom. The van der Waals surface area contributed by atoms with Crippen molar-refractivity contribution in [3.05, 3.63) is 48.0 Å². The van der Waals surface area contributed by atoms with Gasteiger partial charge in [0.2, 0.25) is 10.0 Å². The lowest BCUT2D eigenvalue weighted by Crippen LogP contribution is -2.32. The predicted molar refractivity (Wildman–Crippen MR) is 130 cm³/mol. The molecule has 10 heteroatoms. The van der Waals surface area contributed by atoms with Gasteiger partial charge in [0.15, 0.2) is 0 Å². The van der Waals surface area contributed by atoms with Crippen molar-refractivity contribution in [2.75, 3.05) is 30.8 Å². The molecule has 0 spiro atoms. The van der Waals surface area contributed by atoms with Crippen LogP contribution in [-0.2, 0) is 10.0 Å². The number of carbonyl (C=O) groups is 2. The lowest BCUT2D eigenvalue weighted by atomic mass is 10.2. The van der Waals surface area contributed by atoms with Crippen LogP contribution < -0.4 is 20.7 Å². The standard InChI is InChI=1S/C24H30N4O5S/c1-33-22-13-12-20(34(31,32)28-14-4-2-3-5-15-28)16-21(22)27-23(29)17-6-8-18(9-7-17)25-24(30)26-19-10-11-19/h6-9,12-13,16,19H,2-5,10-11,14-15H2,1H3,(H,27,29)(H2,25,26,30). The summed E-state index contributed by atoms with van der Waals surface area (Å²) in [7, 11) is -2.21. The van der Waals surface area contributed by atoms with Gasteiger partial charge in [-0.25, -0.2) is 13.2 Å². The number of hydrogen-bond acceptors (Lipinski definition) is 5. The Labute approximate surface area is 199 Å². The van der Waals surface area contributed by atoms with Gasteiger partial charge in [0.05, 0.1) is 17.7 Å². The van der Waals surface area contributed by atoms with E-state index in [0.29, 0.717) is 30.1 Å². The van der Waals surface area contributed by atoms with Crippen LogP contribution in [0.15, 0.2) is 47.4 Å². The van der Waals surface area contributed by atoms with E-state index in [1.807, 2.05) is 0 Å². The molecule has 1 aliphatic carbocycles. The first-order valence-corrected chi connectivity index (χ1v) is 13.0. The van der Waals surface area contributed by atoms with Gasteiger partial charge >= 0.3 is 6.03 Å². The number of sulfonamides is 1. The molecule has 0 unspecified atom stereocenters. The lowest BCUT2D eigenvalue weighted by molar-refractivity contribution is 0.102. The number of ether oxygens (including phenoxy) is 1. The molecule has 0 radical (unpaired) electrons. The van der Waals surface area contributed by atoms with Crippen molar-refractivity contribution >= 4 is 33.3 Å². The van der Waals surface area contributed by atoms with E-state index < -0.39 is 15.9 Å². The molecule has 2 aliphatic rings. The van der Waals surface area contributed by atoms with Crippen LogP contribution in [0.3, 0.4) is 0 Å². The first kappa shape index (κ1) is 24.0. The number of anilines is 2. The van der Waals surface area contributed by atoms with Gasteiger partial charge in [-0.05, 0) is 68.1 Å². The van der Waals surface area contributed by atoms with Gasteiger partial charge in [0, 0.05) is 30.4 Å². The van der Waals surface area contributed by atoms with Gasteiger partial charge in [0.1, 0.15) is 5.75 Å². The van der Waals surface area contributed by atoms with E-state index in [-0.39, 0.29) is 22.7 Å². The molecule has 9 nitrogen and oxygen atoms in total. The number of urea groups is 1. The fourth-order valence-electron chi connectivity index (χ4n) is 3.86.